The standard InChI is InChI=1S/C19H22N2O2/c22-18-15(5-6-19(18)7-9-23-10-8-19)17-14-4-2-1-3-13(14)16-11-20-12-21(16)17/h1-4,11-12,15,17-18,22H,5-10H2/t15-,17+,18-/m0/s1. The van der Waals surface area contributed by atoms with Crippen molar-refractivity contribution in [3.63, 3.8) is 0 Å². The summed E-state index contributed by atoms with van der Waals surface area (Å²) in [4.78, 5) is 4.35. The van der Waals surface area contributed by atoms with Crippen molar-refractivity contribution in [2.24, 2.45) is 11.3 Å². The Labute approximate surface area is 136 Å². The van der Waals surface area contributed by atoms with Crippen molar-refractivity contribution in [2.45, 2.75) is 37.8 Å². The highest BCUT2D eigenvalue weighted by Gasteiger charge is 2.52. The molecular formula is C19H22N2O2. The number of rotatable bonds is 1. The van der Waals surface area contributed by atoms with Gasteiger partial charge in [0, 0.05) is 30.1 Å². The third-order valence-corrected chi connectivity index (χ3v) is 6.42. The first kappa shape index (κ1) is 13.8. The fraction of sp³-hybridized carbons (Fsp3) is 0.526. The lowest BCUT2D eigenvalue weighted by molar-refractivity contribution is -0.0597. The number of hydrogen-bond donors (Lipinski definition) is 1. The monoisotopic (exact) mass is 310 g/mol. The Morgan fingerprint density at radius 2 is 2.00 bits per heavy atom. The first-order valence-corrected chi connectivity index (χ1v) is 8.67. The van der Waals surface area contributed by atoms with Crippen LogP contribution in [0.25, 0.3) is 11.3 Å². The maximum Gasteiger partial charge on any atom is 0.0956 e. The van der Waals surface area contributed by atoms with Crippen LogP contribution in [0.15, 0.2) is 36.8 Å². The molecule has 0 bridgehead atoms. The smallest absolute Gasteiger partial charge is 0.0956 e. The number of aromatic nitrogens is 2. The zero-order valence-electron chi connectivity index (χ0n) is 13.2. The summed E-state index contributed by atoms with van der Waals surface area (Å²) in [5.41, 5.74) is 3.88. The molecule has 2 aromatic rings. The topological polar surface area (TPSA) is 47.3 Å². The van der Waals surface area contributed by atoms with Crippen LogP contribution in [0.3, 0.4) is 0 Å². The van der Waals surface area contributed by atoms with E-state index in [1.165, 1.54) is 16.8 Å². The molecule has 1 N–H and O–H groups in total. The Bertz CT molecular complexity index is 732. The Kier molecular flexibility index (Phi) is 2.94. The summed E-state index contributed by atoms with van der Waals surface area (Å²) in [6.45, 7) is 1.59. The summed E-state index contributed by atoms with van der Waals surface area (Å²) < 4.78 is 7.81. The average molecular weight is 310 g/mol. The predicted molar refractivity (Wildman–Crippen MR) is 87.0 cm³/mol. The number of benzene rings is 1. The zero-order chi connectivity index (χ0) is 15.4. The molecule has 23 heavy (non-hydrogen) atoms. The van der Waals surface area contributed by atoms with Gasteiger partial charge in [0.05, 0.1) is 30.4 Å². The van der Waals surface area contributed by atoms with Crippen LogP contribution >= 0.6 is 0 Å². The Balaban J connectivity index is 1.56. The summed E-state index contributed by atoms with van der Waals surface area (Å²) in [5.74, 6) is 0.268. The number of hydrogen-bond acceptors (Lipinski definition) is 3. The minimum atomic E-state index is -0.252. The van der Waals surface area contributed by atoms with Gasteiger partial charge in [-0.15, -0.1) is 0 Å². The SMILES string of the molecule is O[C@H]1[C@H]([C@H]2c3ccccc3-c3cncn32)CCC12CCOCC2. The highest BCUT2D eigenvalue weighted by molar-refractivity contribution is 5.69. The first-order valence-electron chi connectivity index (χ1n) is 8.67. The Morgan fingerprint density at radius 1 is 1.17 bits per heavy atom. The lowest BCUT2D eigenvalue weighted by Gasteiger charge is -2.38. The van der Waals surface area contributed by atoms with Crippen LogP contribution < -0.4 is 0 Å². The zero-order valence-corrected chi connectivity index (χ0v) is 13.2. The molecule has 4 nitrogen and oxygen atoms in total. The van der Waals surface area contributed by atoms with E-state index in [4.69, 9.17) is 4.74 Å². The number of ether oxygens (including phenoxy) is 1. The van der Waals surface area contributed by atoms with Crippen molar-refractivity contribution in [2.75, 3.05) is 13.2 Å². The number of nitrogens with zero attached hydrogens (tertiary/aromatic N) is 2. The molecule has 1 aromatic heterocycles. The predicted octanol–water partition coefficient (Wildman–Crippen LogP) is 3.02. The first-order chi connectivity index (χ1) is 11.3. The summed E-state index contributed by atoms with van der Waals surface area (Å²) in [6.07, 6.45) is 7.82. The number of fused-ring (bicyclic) bond motifs is 3. The Morgan fingerprint density at radius 3 is 2.87 bits per heavy atom. The van der Waals surface area contributed by atoms with Gasteiger partial charge in [0.15, 0.2) is 0 Å². The largest absolute Gasteiger partial charge is 0.392 e. The second-order valence-electron chi connectivity index (χ2n) is 7.34. The van der Waals surface area contributed by atoms with Crippen molar-refractivity contribution in [1.29, 1.82) is 0 Å². The van der Waals surface area contributed by atoms with Crippen LogP contribution in [0.5, 0.6) is 0 Å². The molecule has 1 aromatic carbocycles. The van der Waals surface area contributed by atoms with Gasteiger partial charge in [-0.05, 0) is 31.2 Å². The van der Waals surface area contributed by atoms with Crippen LogP contribution in [0, 0.1) is 11.3 Å². The van der Waals surface area contributed by atoms with Gasteiger partial charge in [-0.3, -0.25) is 0 Å². The molecule has 3 aliphatic rings. The van der Waals surface area contributed by atoms with E-state index in [9.17, 15) is 5.11 Å². The fourth-order valence-electron chi connectivity index (χ4n) is 5.18. The van der Waals surface area contributed by atoms with Crippen LogP contribution in [0.1, 0.15) is 37.3 Å². The highest BCUT2D eigenvalue weighted by Crippen LogP contribution is 2.55. The van der Waals surface area contributed by atoms with E-state index < -0.39 is 0 Å². The van der Waals surface area contributed by atoms with Gasteiger partial charge >= 0.3 is 0 Å². The van der Waals surface area contributed by atoms with E-state index in [0.717, 1.165) is 38.9 Å². The van der Waals surface area contributed by atoms with Gasteiger partial charge in [0.25, 0.3) is 0 Å². The quantitative estimate of drug-likeness (QED) is 0.881. The molecule has 3 atom stereocenters. The van der Waals surface area contributed by atoms with Crippen molar-refractivity contribution in [3.05, 3.63) is 42.4 Å². The minimum absolute atomic E-state index is 0.0706. The molecule has 1 spiro atoms. The molecule has 0 amide bonds. The van der Waals surface area contributed by atoms with Crippen LogP contribution in [-0.4, -0.2) is 34.0 Å². The molecule has 2 aliphatic heterocycles. The summed E-state index contributed by atoms with van der Waals surface area (Å²) in [5, 5.41) is 11.2. The molecular weight excluding hydrogens is 288 g/mol. The van der Waals surface area contributed by atoms with E-state index in [0.29, 0.717) is 0 Å². The molecule has 120 valence electrons. The van der Waals surface area contributed by atoms with Crippen molar-refractivity contribution >= 4 is 0 Å². The highest BCUT2D eigenvalue weighted by atomic mass is 16.5. The summed E-state index contributed by atoms with van der Waals surface area (Å²) in [6, 6.07) is 8.81. The van der Waals surface area contributed by atoms with E-state index in [1.54, 1.807) is 0 Å². The van der Waals surface area contributed by atoms with E-state index in [-0.39, 0.29) is 23.5 Å². The van der Waals surface area contributed by atoms with E-state index in [1.807, 2.05) is 12.5 Å². The molecule has 4 heteroatoms. The molecule has 1 saturated heterocycles. The molecule has 5 rings (SSSR count). The fourth-order valence-corrected chi connectivity index (χ4v) is 5.18. The average Bonchev–Trinajstić information content (AvgIpc) is 3.25. The third kappa shape index (κ3) is 1.82. The van der Waals surface area contributed by atoms with E-state index >= 15 is 0 Å². The van der Waals surface area contributed by atoms with Crippen molar-refractivity contribution in [3.8, 4) is 11.3 Å². The number of imidazole rings is 1. The van der Waals surface area contributed by atoms with Crippen molar-refractivity contribution < 1.29 is 9.84 Å². The van der Waals surface area contributed by atoms with Crippen molar-refractivity contribution in [1.82, 2.24) is 9.55 Å². The van der Waals surface area contributed by atoms with Gasteiger partial charge in [0.2, 0.25) is 0 Å². The lowest BCUT2D eigenvalue weighted by Crippen LogP contribution is -2.40. The maximum atomic E-state index is 11.2. The lowest BCUT2D eigenvalue weighted by atomic mass is 9.74. The minimum Gasteiger partial charge on any atom is -0.392 e. The normalized spacial score (nSPS) is 31.3. The second-order valence-corrected chi connectivity index (χ2v) is 7.34. The van der Waals surface area contributed by atoms with Crippen LogP contribution in [0.2, 0.25) is 0 Å². The molecule has 0 radical (unpaired) electrons. The van der Waals surface area contributed by atoms with Crippen LogP contribution in [0.4, 0.5) is 0 Å². The molecule has 1 aliphatic carbocycles. The molecule has 2 fully saturated rings. The summed E-state index contributed by atoms with van der Waals surface area (Å²) in [7, 11) is 0. The maximum absolute atomic E-state index is 11.2. The second kappa shape index (κ2) is 4.92. The molecule has 1 saturated carbocycles. The summed E-state index contributed by atoms with van der Waals surface area (Å²) >= 11 is 0. The Hall–Kier alpha value is -1.65. The molecule has 0 unspecified atom stereocenters. The van der Waals surface area contributed by atoms with Gasteiger partial charge in [-0.1, -0.05) is 24.3 Å². The number of aliphatic hydroxyl groups excluding tert-OH is 1. The van der Waals surface area contributed by atoms with Gasteiger partial charge < -0.3 is 14.4 Å². The van der Waals surface area contributed by atoms with E-state index in [2.05, 4.69) is 33.8 Å². The van der Waals surface area contributed by atoms with Gasteiger partial charge in [0.1, 0.15) is 0 Å². The van der Waals surface area contributed by atoms with Gasteiger partial charge in [-0.25, -0.2) is 4.98 Å². The third-order valence-electron chi connectivity index (χ3n) is 6.42. The molecule has 3 heterocycles. The number of aliphatic hydroxyl groups is 1. The van der Waals surface area contributed by atoms with Gasteiger partial charge in [-0.2, -0.15) is 0 Å². The van der Waals surface area contributed by atoms with Crippen LogP contribution in [-0.2, 0) is 4.74 Å².